The molecule has 2 aromatic heterocycles. The summed E-state index contributed by atoms with van der Waals surface area (Å²) in [5.41, 5.74) is 3.19. The number of esters is 1. The molecule has 174 valence electrons. The molecule has 0 bridgehead atoms. The highest BCUT2D eigenvalue weighted by Crippen LogP contribution is 2.39. The maximum atomic E-state index is 12.1. The van der Waals surface area contributed by atoms with Crippen LogP contribution in [0.1, 0.15) is 50.8 Å². The number of H-pyrrole nitrogens is 1. The van der Waals surface area contributed by atoms with Gasteiger partial charge in [0.25, 0.3) is 0 Å². The van der Waals surface area contributed by atoms with Crippen LogP contribution in [0.25, 0.3) is 10.9 Å². The number of carbonyl (C=O) groups excluding carboxylic acids is 1. The van der Waals surface area contributed by atoms with Crippen LogP contribution in [0.15, 0.2) is 54.6 Å². The van der Waals surface area contributed by atoms with E-state index in [9.17, 15) is 4.79 Å². The number of carbonyl (C=O) groups is 1. The molecule has 1 aliphatic rings. The summed E-state index contributed by atoms with van der Waals surface area (Å²) in [7, 11) is 0. The molecule has 1 saturated carbocycles. The number of nitrogens with one attached hydrogen (secondary N) is 3. The zero-order valence-electron chi connectivity index (χ0n) is 19.6. The fourth-order valence-corrected chi connectivity index (χ4v) is 3.73. The highest BCUT2D eigenvalue weighted by Gasteiger charge is 2.25. The van der Waals surface area contributed by atoms with Crippen molar-refractivity contribution in [1.29, 1.82) is 0 Å². The number of para-hydroxylation sites is 1. The number of hydrogen-bond donors (Lipinski definition) is 3. The first kappa shape index (κ1) is 21.9. The number of fused-ring (bicyclic) bond motifs is 1. The van der Waals surface area contributed by atoms with Crippen molar-refractivity contribution in [3.05, 3.63) is 65.9 Å². The average molecular weight is 457 g/mol. The molecule has 4 aromatic rings. The number of ether oxygens (including phenoxy) is 1. The molecule has 0 aliphatic heterocycles. The van der Waals surface area contributed by atoms with E-state index >= 15 is 0 Å². The molecule has 8 nitrogen and oxygen atoms in total. The Hall–Kier alpha value is -3.94. The maximum absolute atomic E-state index is 12.1. The quantitative estimate of drug-likeness (QED) is 0.311. The van der Waals surface area contributed by atoms with E-state index < -0.39 is 5.60 Å². The molecule has 34 heavy (non-hydrogen) atoms. The summed E-state index contributed by atoms with van der Waals surface area (Å²) in [5, 5.41) is 15.0. The molecule has 0 radical (unpaired) electrons. The summed E-state index contributed by atoms with van der Waals surface area (Å²) in [6.07, 6.45) is 2.65. The van der Waals surface area contributed by atoms with Crippen LogP contribution >= 0.6 is 0 Å². The van der Waals surface area contributed by atoms with Crippen LogP contribution in [0.3, 0.4) is 0 Å². The van der Waals surface area contributed by atoms with Crippen LogP contribution in [0, 0.1) is 0 Å². The van der Waals surface area contributed by atoms with Gasteiger partial charge in [-0.05, 0) is 63.4 Å². The molecular formula is C26H28N6O2. The van der Waals surface area contributed by atoms with Crippen molar-refractivity contribution in [2.75, 3.05) is 10.6 Å². The fraction of sp³-hybridized carbons (Fsp3) is 0.308. The topological polar surface area (TPSA) is 105 Å². The van der Waals surface area contributed by atoms with Crippen LogP contribution in [-0.4, -0.2) is 31.7 Å². The van der Waals surface area contributed by atoms with Crippen LogP contribution in [-0.2, 0) is 16.0 Å². The molecule has 0 amide bonds. The van der Waals surface area contributed by atoms with E-state index in [-0.39, 0.29) is 12.4 Å². The van der Waals surface area contributed by atoms with Gasteiger partial charge in [0.2, 0.25) is 5.95 Å². The number of hydrogen-bond acceptors (Lipinski definition) is 7. The lowest BCUT2D eigenvalue weighted by Crippen LogP contribution is -2.24. The fourth-order valence-electron chi connectivity index (χ4n) is 3.73. The Kier molecular flexibility index (Phi) is 5.65. The van der Waals surface area contributed by atoms with Gasteiger partial charge in [0.05, 0.1) is 11.9 Å². The third-order valence-electron chi connectivity index (χ3n) is 5.44. The van der Waals surface area contributed by atoms with E-state index in [0.29, 0.717) is 17.7 Å². The molecule has 8 heteroatoms. The first-order valence-electron chi connectivity index (χ1n) is 11.5. The van der Waals surface area contributed by atoms with E-state index in [4.69, 9.17) is 9.72 Å². The summed E-state index contributed by atoms with van der Waals surface area (Å²) in [4.78, 5) is 21.5. The van der Waals surface area contributed by atoms with Crippen molar-refractivity contribution >= 4 is 40.1 Å². The molecule has 0 spiro atoms. The van der Waals surface area contributed by atoms with Gasteiger partial charge in [0.15, 0.2) is 5.82 Å². The van der Waals surface area contributed by atoms with E-state index in [0.717, 1.165) is 33.7 Å². The highest BCUT2D eigenvalue weighted by molar-refractivity contribution is 5.91. The zero-order valence-corrected chi connectivity index (χ0v) is 19.6. The van der Waals surface area contributed by atoms with Crippen LogP contribution < -0.4 is 10.6 Å². The highest BCUT2D eigenvalue weighted by atomic mass is 16.6. The van der Waals surface area contributed by atoms with Gasteiger partial charge in [-0.25, -0.2) is 4.98 Å². The number of nitrogens with zero attached hydrogens (tertiary/aromatic N) is 3. The lowest BCUT2D eigenvalue weighted by atomic mass is 10.1. The summed E-state index contributed by atoms with van der Waals surface area (Å²) in [6.45, 7) is 5.59. The standard InChI is InChI=1S/C26H28N6O2/c1-26(2,3)34-23(33)14-16-8-12-18(13-9-16)27-25-28-20-7-5-4-6-19(20)24(30-25)29-22-15-21(31-32-22)17-10-11-17/h4-9,12-13,15,17H,10-11,14H2,1-3H3,(H3,27,28,29,30,31,32). The second-order valence-electron chi connectivity index (χ2n) is 9.61. The number of aromatic nitrogens is 4. The van der Waals surface area contributed by atoms with Crippen molar-refractivity contribution in [3.63, 3.8) is 0 Å². The Morgan fingerprint density at radius 3 is 2.56 bits per heavy atom. The largest absolute Gasteiger partial charge is 0.460 e. The smallest absolute Gasteiger partial charge is 0.310 e. The molecular weight excluding hydrogens is 428 g/mol. The third kappa shape index (κ3) is 5.33. The minimum atomic E-state index is -0.493. The number of anilines is 4. The molecule has 2 heterocycles. The first-order valence-corrected chi connectivity index (χ1v) is 11.5. The molecule has 3 N–H and O–H groups in total. The minimum Gasteiger partial charge on any atom is -0.460 e. The number of benzene rings is 2. The van der Waals surface area contributed by atoms with Gasteiger partial charge >= 0.3 is 5.97 Å². The molecule has 1 aliphatic carbocycles. The van der Waals surface area contributed by atoms with E-state index in [1.165, 1.54) is 12.8 Å². The lowest BCUT2D eigenvalue weighted by Gasteiger charge is -2.19. The molecule has 2 aromatic carbocycles. The Bertz CT molecular complexity index is 1320. The predicted molar refractivity (Wildman–Crippen MR) is 133 cm³/mol. The van der Waals surface area contributed by atoms with Crippen molar-refractivity contribution in [3.8, 4) is 0 Å². The zero-order chi connectivity index (χ0) is 23.7. The predicted octanol–water partition coefficient (Wildman–Crippen LogP) is 5.60. The van der Waals surface area contributed by atoms with Crippen LogP contribution in [0.2, 0.25) is 0 Å². The van der Waals surface area contributed by atoms with Gasteiger partial charge < -0.3 is 15.4 Å². The van der Waals surface area contributed by atoms with Crippen molar-refractivity contribution in [2.45, 2.75) is 51.6 Å². The SMILES string of the molecule is CC(C)(C)OC(=O)Cc1ccc(Nc2nc(Nc3cc(C4CC4)[nH]n3)c3ccccc3n2)cc1. The molecule has 0 atom stereocenters. The third-order valence-corrected chi connectivity index (χ3v) is 5.44. The van der Waals surface area contributed by atoms with Gasteiger partial charge in [-0.3, -0.25) is 9.89 Å². The Labute approximate surface area is 198 Å². The normalized spacial score (nSPS) is 13.6. The van der Waals surface area contributed by atoms with Crippen molar-refractivity contribution in [2.24, 2.45) is 0 Å². The lowest BCUT2D eigenvalue weighted by molar-refractivity contribution is -0.153. The van der Waals surface area contributed by atoms with Crippen molar-refractivity contribution < 1.29 is 9.53 Å². The Morgan fingerprint density at radius 2 is 1.82 bits per heavy atom. The van der Waals surface area contributed by atoms with E-state index in [1.54, 1.807) is 0 Å². The minimum absolute atomic E-state index is 0.227. The summed E-state index contributed by atoms with van der Waals surface area (Å²) >= 11 is 0. The summed E-state index contributed by atoms with van der Waals surface area (Å²) in [5.74, 6) is 2.25. The average Bonchev–Trinajstić information content (AvgIpc) is 3.53. The van der Waals surface area contributed by atoms with Gasteiger partial charge in [0.1, 0.15) is 11.4 Å². The van der Waals surface area contributed by atoms with Gasteiger partial charge in [-0.2, -0.15) is 10.1 Å². The van der Waals surface area contributed by atoms with Crippen LogP contribution in [0.4, 0.5) is 23.3 Å². The van der Waals surface area contributed by atoms with E-state index in [2.05, 4.69) is 25.8 Å². The number of aromatic amines is 1. The van der Waals surface area contributed by atoms with Gasteiger partial charge in [0, 0.05) is 28.8 Å². The van der Waals surface area contributed by atoms with Gasteiger partial charge in [-0.1, -0.05) is 24.3 Å². The Morgan fingerprint density at radius 1 is 1.06 bits per heavy atom. The monoisotopic (exact) mass is 456 g/mol. The number of rotatable bonds is 7. The van der Waals surface area contributed by atoms with Crippen LogP contribution in [0.5, 0.6) is 0 Å². The molecule has 1 fully saturated rings. The van der Waals surface area contributed by atoms with Gasteiger partial charge in [-0.15, -0.1) is 0 Å². The molecule has 5 rings (SSSR count). The maximum Gasteiger partial charge on any atom is 0.310 e. The Balaban J connectivity index is 1.33. The second kappa shape index (κ2) is 8.78. The second-order valence-corrected chi connectivity index (χ2v) is 9.61. The molecule has 0 saturated heterocycles. The summed E-state index contributed by atoms with van der Waals surface area (Å²) < 4.78 is 5.40. The molecule has 0 unspecified atom stereocenters. The van der Waals surface area contributed by atoms with E-state index in [1.807, 2.05) is 75.4 Å². The summed E-state index contributed by atoms with van der Waals surface area (Å²) in [6, 6.07) is 17.5. The van der Waals surface area contributed by atoms with Crippen molar-refractivity contribution in [1.82, 2.24) is 20.2 Å². The first-order chi connectivity index (χ1) is 16.3.